The lowest BCUT2D eigenvalue weighted by atomic mass is 10.3. The van der Waals surface area contributed by atoms with E-state index in [1.54, 1.807) is 13.3 Å². The average Bonchev–Trinajstić information content (AvgIpc) is 2.54. The number of ether oxygens (including phenoxy) is 3. The molecule has 0 atom stereocenters. The zero-order chi connectivity index (χ0) is 14.9. The second-order valence-electron chi connectivity index (χ2n) is 4.58. The maximum atomic E-state index is 6.01. The average molecular weight is 422 g/mol. The Hall–Kier alpha value is -1.13. The number of rotatable bonds is 6. The van der Waals surface area contributed by atoms with Crippen LogP contribution in [0.3, 0.4) is 0 Å². The van der Waals surface area contributed by atoms with E-state index in [9.17, 15) is 0 Å². The van der Waals surface area contributed by atoms with E-state index in [-0.39, 0.29) is 24.0 Å². The van der Waals surface area contributed by atoms with Gasteiger partial charge < -0.3 is 24.8 Å². The maximum absolute atomic E-state index is 6.01. The molecule has 1 aliphatic rings. The van der Waals surface area contributed by atoms with Crippen molar-refractivity contribution in [2.24, 2.45) is 10.7 Å². The Balaban J connectivity index is 0.00000242. The van der Waals surface area contributed by atoms with E-state index in [2.05, 4.69) is 9.98 Å². The van der Waals surface area contributed by atoms with E-state index in [1.165, 1.54) is 0 Å². The molecule has 7 nitrogen and oxygen atoms in total. The summed E-state index contributed by atoms with van der Waals surface area (Å²) in [6.45, 7) is 4.36. The fourth-order valence-electron chi connectivity index (χ4n) is 1.95. The minimum atomic E-state index is 0. The molecule has 0 aliphatic carbocycles. The Morgan fingerprint density at radius 1 is 1.41 bits per heavy atom. The van der Waals surface area contributed by atoms with Crippen LogP contribution in [-0.2, 0) is 16.0 Å². The number of methoxy groups -OCH3 is 1. The molecule has 124 valence electrons. The van der Waals surface area contributed by atoms with E-state index in [0.717, 1.165) is 18.7 Å². The molecule has 22 heavy (non-hydrogen) atoms. The summed E-state index contributed by atoms with van der Waals surface area (Å²) < 4.78 is 15.8. The summed E-state index contributed by atoms with van der Waals surface area (Å²) in [5, 5.41) is 0. The van der Waals surface area contributed by atoms with Crippen molar-refractivity contribution in [2.45, 2.75) is 6.54 Å². The van der Waals surface area contributed by atoms with E-state index in [4.69, 9.17) is 19.9 Å². The van der Waals surface area contributed by atoms with Crippen LogP contribution < -0.4 is 10.5 Å². The van der Waals surface area contributed by atoms with Crippen LogP contribution in [0.15, 0.2) is 23.3 Å². The molecular formula is C14H23IN4O3. The van der Waals surface area contributed by atoms with Gasteiger partial charge in [-0.05, 0) is 6.07 Å². The van der Waals surface area contributed by atoms with Gasteiger partial charge in [0.25, 0.3) is 0 Å². The number of nitrogens with zero attached hydrogens (tertiary/aromatic N) is 3. The van der Waals surface area contributed by atoms with Crippen molar-refractivity contribution in [3.63, 3.8) is 0 Å². The number of hydrogen-bond donors (Lipinski definition) is 1. The maximum Gasteiger partial charge on any atom is 0.218 e. The SMILES string of the molecule is COCCOc1ncccc1CN=C(N)N1CCOCC1.I. The van der Waals surface area contributed by atoms with Crippen molar-refractivity contribution >= 4 is 29.9 Å². The number of aliphatic imine (C=N–C) groups is 1. The van der Waals surface area contributed by atoms with E-state index in [0.29, 0.717) is 44.8 Å². The van der Waals surface area contributed by atoms with Gasteiger partial charge in [-0.2, -0.15) is 0 Å². The molecule has 1 aliphatic heterocycles. The Morgan fingerprint density at radius 2 is 2.18 bits per heavy atom. The van der Waals surface area contributed by atoms with Gasteiger partial charge in [-0.15, -0.1) is 24.0 Å². The van der Waals surface area contributed by atoms with Crippen molar-refractivity contribution in [3.8, 4) is 5.88 Å². The zero-order valence-corrected chi connectivity index (χ0v) is 15.1. The van der Waals surface area contributed by atoms with Crippen molar-refractivity contribution in [1.82, 2.24) is 9.88 Å². The Bertz CT molecular complexity index is 467. The largest absolute Gasteiger partial charge is 0.475 e. The Kier molecular flexibility index (Phi) is 9.09. The first kappa shape index (κ1) is 18.9. The molecule has 2 heterocycles. The zero-order valence-electron chi connectivity index (χ0n) is 12.7. The summed E-state index contributed by atoms with van der Waals surface area (Å²) in [5.41, 5.74) is 6.91. The lowest BCUT2D eigenvalue weighted by Crippen LogP contribution is -2.44. The van der Waals surface area contributed by atoms with Gasteiger partial charge in [0.15, 0.2) is 5.96 Å². The van der Waals surface area contributed by atoms with Gasteiger partial charge in [-0.25, -0.2) is 9.98 Å². The molecule has 0 saturated carbocycles. The fraction of sp³-hybridized carbons (Fsp3) is 0.571. The van der Waals surface area contributed by atoms with Crippen molar-refractivity contribution in [3.05, 3.63) is 23.9 Å². The van der Waals surface area contributed by atoms with Crippen LogP contribution in [0.25, 0.3) is 0 Å². The first-order valence-electron chi connectivity index (χ1n) is 6.99. The highest BCUT2D eigenvalue weighted by molar-refractivity contribution is 14.0. The van der Waals surface area contributed by atoms with Gasteiger partial charge in [0.2, 0.25) is 5.88 Å². The second kappa shape index (κ2) is 10.6. The fourth-order valence-corrected chi connectivity index (χ4v) is 1.95. The summed E-state index contributed by atoms with van der Waals surface area (Å²) in [4.78, 5) is 10.7. The molecule has 1 saturated heterocycles. The predicted molar refractivity (Wildman–Crippen MR) is 94.7 cm³/mol. The van der Waals surface area contributed by atoms with E-state index in [1.807, 2.05) is 17.0 Å². The minimum absolute atomic E-state index is 0. The smallest absolute Gasteiger partial charge is 0.218 e. The highest BCUT2D eigenvalue weighted by Gasteiger charge is 2.12. The number of guanidine groups is 1. The number of nitrogens with two attached hydrogens (primary N) is 1. The molecule has 0 spiro atoms. The van der Waals surface area contributed by atoms with Gasteiger partial charge in [-0.3, -0.25) is 0 Å². The summed E-state index contributed by atoms with van der Waals surface area (Å²) in [5.74, 6) is 1.11. The van der Waals surface area contributed by atoms with Gasteiger partial charge in [0.1, 0.15) is 6.61 Å². The molecule has 0 bridgehead atoms. The van der Waals surface area contributed by atoms with Crippen LogP contribution in [-0.4, -0.2) is 62.5 Å². The molecule has 1 aromatic rings. The van der Waals surface area contributed by atoms with Crippen LogP contribution >= 0.6 is 24.0 Å². The first-order valence-corrected chi connectivity index (χ1v) is 6.99. The predicted octanol–water partition coefficient (Wildman–Crippen LogP) is 0.872. The monoisotopic (exact) mass is 422 g/mol. The van der Waals surface area contributed by atoms with Crippen LogP contribution in [0.2, 0.25) is 0 Å². The molecule has 1 fully saturated rings. The number of aromatic nitrogens is 1. The molecule has 0 amide bonds. The lowest BCUT2D eigenvalue weighted by Gasteiger charge is -2.27. The van der Waals surface area contributed by atoms with Crippen molar-refractivity contribution < 1.29 is 14.2 Å². The van der Waals surface area contributed by atoms with E-state index >= 15 is 0 Å². The van der Waals surface area contributed by atoms with Gasteiger partial charge in [0.05, 0.1) is 26.4 Å². The summed E-state index contributed by atoms with van der Waals surface area (Å²) in [6, 6.07) is 3.80. The Morgan fingerprint density at radius 3 is 2.91 bits per heavy atom. The molecule has 1 aromatic heterocycles. The highest BCUT2D eigenvalue weighted by Crippen LogP contribution is 2.15. The van der Waals surface area contributed by atoms with Gasteiger partial charge >= 0.3 is 0 Å². The first-order chi connectivity index (χ1) is 10.3. The molecule has 0 aromatic carbocycles. The second-order valence-corrected chi connectivity index (χ2v) is 4.58. The standard InChI is InChI=1S/C14H22N4O3.HI/c1-19-9-10-21-13-12(3-2-4-16-13)11-17-14(15)18-5-7-20-8-6-18;/h2-4H,5-11H2,1H3,(H2,15,17);1H. The van der Waals surface area contributed by atoms with Crippen LogP contribution in [0, 0.1) is 0 Å². The van der Waals surface area contributed by atoms with Crippen LogP contribution in [0.5, 0.6) is 5.88 Å². The summed E-state index contributed by atoms with van der Waals surface area (Å²) in [7, 11) is 1.63. The Labute approximate surface area is 147 Å². The minimum Gasteiger partial charge on any atom is -0.475 e. The van der Waals surface area contributed by atoms with Crippen molar-refractivity contribution in [2.75, 3.05) is 46.6 Å². The normalized spacial score (nSPS) is 15.3. The number of hydrogen-bond acceptors (Lipinski definition) is 5. The molecule has 0 radical (unpaired) electrons. The summed E-state index contributed by atoms with van der Waals surface area (Å²) >= 11 is 0. The van der Waals surface area contributed by atoms with Gasteiger partial charge in [0, 0.05) is 32.0 Å². The quantitative estimate of drug-likeness (QED) is 0.317. The third-order valence-electron chi connectivity index (χ3n) is 3.12. The lowest BCUT2D eigenvalue weighted by molar-refractivity contribution is 0.0674. The van der Waals surface area contributed by atoms with Crippen LogP contribution in [0.4, 0.5) is 0 Å². The highest BCUT2D eigenvalue weighted by atomic mass is 127. The molecule has 2 rings (SSSR count). The number of morpholine rings is 1. The third-order valence-corrected chi connectivity index (χ3v) is 3.12. The molecular weight excluding hydrogens is 399 g/mol. The van der Waals surface area contributed by atoms with Crippen molar-refractivity contribution in [1.29, 1.82) is 0 Å². The molecule has 2 N–H and O–H groups in total. The van der Waals surface area contributed by atoms with Gasteiger partial charge in [-0.1, -0.05) is 6.07 Å². The summed E-state index contributed by atoms with van der Waals surface area (Å²) in [6.07, 6.45) is 1.70. The molecule has 0 unspecified atom stereocenters. The van der Waals surface area contributed by atoms with E-state index < -0.39 is 0 Å². The molecule has 8 heteroatoms. The number of pyridine rings is 1. The van der Waals surface area contributed by atoms with Crippen LogP contribution in [0.1, 0.15) is 5.56 Å². The third kappa shape index (κ3) is 5.93. The number of halogens is 1. The topological polar surface area (TPSA) is 82.2 Å².